The number of aromatic amines is 1. The van der Waals surface area contributed by atoms with Crippen LogP contribution in [0.2, 0.25) is 5.02 Å². The van der Waals surface area contributed by atoms with Gasteiger partial charge in [0.2, 0.25) is 0 Å². The molecule has 1 aromatic heterocycles. The van der Waals surface area contributed by atoms with Gasteiger partial charge in [0.15, 0.2) is 0 Å². The third kappa shape index (κ3) is 4.97. The van der Waals surface area contributed by atoms with Crippen LogP contribution in [0.15, 0.2) is 10.9 Å². The number of pyridine rings is 1. The first kappa shape index (κ1) is 17.8. The minimum absolute atomic E-state index is 0.00134. The highest BCUT2D eigenvalue weighted by Crippen LogP contribution is 2.18. The van der Waals surface area contributed by atoms with Gasteiger partial charge in [-0.05, 0) is 43.8 Å². The van der Waals surface area contributed by atoms with Crippen LogP contribution < -0.4 is 16.6 Å². The Labute approximate surface area is 141 Å². The van der Waals surface area contributed by atoms with Gasteiger partial charge in [0, 0.05) is 13.1 Å². The predicted octanol–water partition coefficient (Wildman–Crippen LogP) is 1.71. The average molecular weight is 341 g/mol. The van der Waals surface area contributed by atoms with Crippen molar-refractivity contribution in [1.29, 1.82) is 0 Å². The average Bonchev–Trinajstić information content (AvgIpc) is 2.49. The van der Waals surface area contributed by atoms with Gasteiger partial charge < -0.3 is 20.9 Å². The lowest BCUT2D eigenvalue weighted by Crippen LogP contribution is -2.40. The molecular weight excluding hydrogens is 316 g/mol. The first-order valence-electron chi connectivity index (χ1n) is 8.05. The van der Waals surface area contributed by atoms with Crippen molar-refractivity contribution in [3.63, 3.8) is 0 Å². The highest BCUT2D eigenvalue weighted by molar-refractivity contribution is 6.33. The zero-order chi connectivity index (χ0) is 17.0. The number of halogens is 1. The molecule has 7 heteroatoms. The van der Waals surface area contributed by atoms with Gasteiger partial charge in [-0.25, -0.2) is 0 Å². The van der Waals surface area contributed by atoms with Gasteiger partial charge >= 0.3 is 0 Å². The number of anilines is 1. The largest absolute Gasteiger partial charge is 0.384 e. The minimum atomic E-state index is -0.517. The number of carbonyl (C=O) groups is 1. The summed E-state index contributed by atoms with van der Waals surface area (Å²) in [5.41, 5.74) is 4.99. The molecule has 0 radical (unpaired) electrons. The van der Waals surface area contributed by atoms with Crippen LogP contribution in [0.3, 0.4) is 0 Å². The van der Waals surface area contributed by atoms with E-state index in [4.69, 9.17) is 17.3 Å². The van der Waals surface area contributed by atoms with E-state index in [0.717, 1.165) is 32.5 Å². The topological polar surface area (TPSA) is 91.2 Å². The van der Waals surface area contributed by atoms with E-state index in [1.165, 1.54) is 6.07 Å². The molecule has 0 atom stereocenters. The molecule has 0 bridgehead atoms. The number of hydrogen-bond donors (Lipinski definition) is 3. The van der Waals surface area contributed by atoms with Gasteiger partial charge in [0.25, 0.3) is 11.5 Å². The van der Waals surface area contributed by atoms with Crippen LogP contribution in [0.1, 0.15) is 37.0 Å². The lowest BCUT2D eigenvalue weighted by molar-refractivity contribution is 0.0933. The third-order valence-electron chi connectivity index (χ3n) is 4.15. The van der Waals surface area contributed by atoms with E-state index >= 15 is 0 Å². The van der Waals surface area contributed by atoms with Crippen molar-refractivity contribution in [3.05, 3.63) is 27.0 Å². The molecule has 2 heterocycles. The Hall–Kier alpha value is -1.53. The fourth-order valence-corrected chi connectivity index (χ4v) is 3.07. The van der Waals surface area contributed by atoms with Crippen molar-refractivity contribution in [2.45, 2.75) is 26.7 Å². The smallest absolute Gasteiger partial charge is 0.262 e. The zero-order valence-corrected chi connectivity index (χ0v) is 14.4. The Kier molecular flexibility index (Phi) is 6.07. The van der Waals surface area contributed by atoms with E-state index in [1.54, 1.807) is 0 Å². The fraction of sp³-hybridized carbons (Fsp3) is 0.625. The van der Waals surface area contributed by atoms with Gasteiger partial charge in [-0.15, -0.1) is 0 Å². The number of hydrogen-bond acceptors (Lipinski definition) is 4. The molecule has 1 aromatic rings. The van der Waals surface area contributed by atoms with Crippen molar-refractivity contribution in [2.75, 3.05) is 31.9 Å². The highest BCUT2D eigenvalue weighted by atomic mass is 35.5. The molecule has 1 saturated heterocycles. The SMILES string of the molecule is CC(C)CN1CCC(CNC(=O)c2cc(Cl)c(N)[nH]c2=O)CC1. The zero-order valence-electron chi connectivity index (χ0n) is 13.7. The Morgan fingerprint density at radius 3 is 2.74 bits per heavy atom. The van der Waals surface area contributed by atoms with Gasteiger partial charge in [-0.2, -0.15) is 0 Å². The number of rotatable bonds is 5. The number of piperidine rings is 1. The van der Waals surface area contributed by atoms with Crippen molar-refractivity contribution in [2.24, 2.45) is 11.8 Å². The van der Waals surface area contributed by atoms with E-state index in [-0.39, 0.29) is 16.4 Å². The van der Waals surface area contributed by atoms with Crippen LogP contribution in [0.25, 0.3) is 0 Å². The Bertz CT molecular complexity index is 607. The summed E-state index contributed by atoms with van der Waals surface area (Å²) in [6.45, 7) is 8.28. The monoisotopic (exact) mass is 340 g/mol. The van der Waals surface area contributed by atoms with E-state index in [2.05, 4.69) is 29.0 Å². The quantitative estimate of drug-likeness (QED) is 0.761. The number of H-pyrrole nitrogens is 1. The van der Waals surface area contributed by atoms with Crippen LogP contribution in [0.5, 0.6) is 0 Å². The first-order valence-corrected chi connectivity index (χ1v) is 8.43. The summed E-state index contributed by atoms with van der Waals surface area (Å²) in [6.07, 6.45) is 2.12. The summed E-state index contributed by atoms with van der Waals surface area (Å²) >= 11 is 5.86. The summed E-state index contributed by atoms with van der Waals surface area (Å²) in [7, 11) is 0. The number of nitrogen functional groups attached to an aromatic ring is 1. The molecule has 23 heavy (non-hydrogen) atoms. The molecule has 0 saturated carbocycles. The number of nitrogens with zero attached hydrogens (tertiary/aromatic N) is 1. The predicted molar refractivity (Wildman–Crippen MR) is 92.8 cm³/mol. The molecule has 1 aliphatic rings. The van der Waals surface area contributed by atoms with Crippen molar-refractivity contribution in [1.82, 2.24) is 15.2 Å². The molecule has 6 nitrogen and oxygen atoms in total. The van der Waals surface area contributed by atoms with E-state index < -0.39 is 11.5 Å². The van der Waals surface area contributed by atoms with Crippen molar-refractivity contribution >= 4 is 23.3 Å². The van der Waals surface area contributed by atoms with Crippen LogP contribution in [0, 0.1) is 11.8 Å². The standard InChI is InChI=1S/C16H25ClN4O2/c1-10(2)9-21-5-3-11(4-6-21)8-19-15(22)12-7-13(17)14(18)20-16(12)23/h7,10-11H,3-6,8-9H2,1-2H3,(H,19,22)(H3,18,20,23). The summed E-state index contributed by atoms with van der Waals surface area (Å²) < 4.78 is 0. The molecule has 1 amide bonds. The third-order valence-corrected chi connectivity index (χ3v) is 4.46. The van der Waals surface area contributed by atoms with Crippen molar-refractivity contribution in [3.8, 4) is 0 Å². The summed E-state index contributed by atoms with van der Waals surface area (Å²) in [4.78, 5) is 28.7. The second-order valence-electron chi connectivity index (χ2n) is 6.62. The van der Waals surface area contributed by atoms with Crippen LogP contribution in [-0.2, 0) is 0 Å². The van der Waals surface area contributed by atoms with Gasteiger partial charge in [0.05, 0.1) is 5.02 Å². The van der Waals surface area contributed by atoms with Gasteiger partial charge in [0.1, 0.15) is 11.4 Å². The second-order valence-corrected chi connectivity index (χ2v) is 7.03. The fourth-order valence-electron chi connectivity index (χ4n) is 2.91. The number of aromatic nitrogens is 1. The minimum Gasteiger partial charge on any atom is -0.384 e. The highest BCUT2D eigenvalue weighted by Gasteiger charge is 2.21. The Morgan fingerprint density at radius 1 is 1.48 bits per heavy atom. The Balaban J connectivity index is 1.84. The number of amides is 1. The molecule has 128 valence electrons. The Morgan fingerprint density at radius 2 is 2.13 bits per heavy atom. The van der Waals surface area contributed by atoms with Crippen molar-refractivity contribution < 1.29 is 4.79 Å². The molecule has 0 aromatic carbocycles. The normalized spacial score (nSPS) is 16.7. The molecule has 0 aliphatic carbocycles. The van der Waals surface area contributed by atoms with Crippen LogP contribution in [-0.4, -0.2) is 42.0 Å². The lowest BCUT2D eigenvalue weighted by Gasteiger charge is -2.33. The summed E-state index contributed by atoms with van der Waals surface area (Å²) in [5.74, 6) is 0.794. The molecule has 0 unspecified atom stereocenters. The van der Waals surface area contributed by atoms with Gasteiger partial charge in [-0.3, -0.25) is 9.59 Å². The first-order chi connectivity index (χ1) is 10.9. The maximum absolute atomic E-state index is 12.1. The second kappa shape index (κ2) is 7.84. The molecule has 1 fully saturated rings. The summed E-state index contributed by atoms with van der Waals surface area (Å²) in [5, 5.41) is 3.01. The maximum Gasteiger partial charge on any atom is 0.262 e. The number of nitrogens with two attached hydrogens (primary N) is 1. The molecule has 2 rings (SSSR count). The number of carbonyl (C=O) groups excluding carboxylic acids is 1. The molecule has 1 aliphatic heterocycles. The maximum atomic E-state index is 12.1. The van der Waals surface area contributed by atoms with E-state index in [9.17, 15) is 9.59 Å². The molecule has 4 N–H and O–H groups in total. The van der Waals surface area contributed by atoms with Crippen LogP contribution >= 0.6 is 11.6 Å². The number of nitrogens with one attached hydrogen (secondary N) is 2. The van der Waals surface area contributed by atoms with E-state index in [0.29, 0.717) is 18.4 Å². The lowest BCUT2D eigenvalue weighted by atomic mass is 9.96. The van der Waals surface area contributed by atoms with Crippen LogP contribution in [0.4, 0.5) is 5.82 Å². The van der Waals surface area contributed by atoms with Gasteiger partial charge in [-0.1, -0.05) is 25.4 Å². The summed E-state index contributed by atoms with van der Waals surface area (Å²) in [6, 6.07) is 1.32. The number of likely N-dealkylation sites (tertiary alicyclic amines) is 1. The molecule has 0 spiro atoms. The molecular formula is C16H25ClN4O2. The van der Waals surface area contributed by atoms with E-state index in [1.807, 2.05) is 0 Å².